The minimum Gasteiger partial charge on any atom is -0.375 e. The molecule has 0 radical (unpaired) electrons. The molecular formula is C11H18F3NO. The van der Waals surface area contributed by atoms with Gasteiger partial charge in [0.1, 0.15) is 0 Å². The third-order valence-electron chi connectivity index (χ3n) is 4.20. The monoisotopic (exact) mass is 237 g/mol. The lowest BCUT2D eigenvalue weighted by molar-refractivity contribution is -0.195. The second-order valence-corrected chi connectivity index (χ2v) is 5.19. The van der Waals surface area contributed by atoms with Crippen LogP contribution < -0.4 is 5.73 Å². The molecule has 6 atom stereocenters. The van der Waals surface area contributed by atoms with E-state index >= 15 is 0 Å². The molecule has 2 fully saturated rings. The van der Waals surface area contributed by atoms with Gasteiger partial charge in [0.25, 0.3) is 0 Å². The van der Waals surface area contributed by atoms with Gasteiger partial charge >= 0.3 is 6.18 Å². The standard InChI is InChI=1S/C11H18F3NO/c1-5-6(2)16-9-4-7(11(12,13)14)3-8(15)10(5)9/h5-10H,3-4,15H2,1-2H3/t5-,6+,7-,8+,9-,10+/m1/s1. The Bertz CT molecular complexity index is 268. The van der Waals surface area contributed by atoms with Crippen LogP contribution in [0.4, 0.5) is 13.2 Å². The van der Waals surface area contributed by atoms with E-state index in [1.54, 1.807) is 0 Å². The highest BCUT2D eigenvalue weighted by molar-refractivity contribution is 4.98. The van der Waals surface area contributed by atoms with Crippen molar-refractivity contribution < 1.29 is 17.9 Å². The van der Waals surface area contributed by atoms with Gasteiger partial charge in [-0.3, -0.25) is 0 Å². The number of hydrogen-bond acceptors (Lipinski definition) is 2. The van der Waals surface area contributed by atoms with Gasteiger partial charge in [-0.15, -0.1) is 0 Å². The van der Waals surface area contributed by atoms with Crippen molar-refractivity contribution in [3.8, 4) is 0 Å². The summed E-state index contributed by atoms with van der Waals surface area (Å²) in [6.07, 6.45) is -4.30. The number of halogens is 3. The molecule has 0 amide bonds. The van der Waals surface area contributed by atoms with Crippen LogP contribution >= 0.6 is 0 Å². The minimum absolute atomic E-state index is 0.0213. The van der Waals surface area contributed by atoms with E-state index in [1.165, 1.54) is 0 Å². The second-order valence-electron chi connectivity index (χ2n) is 5.19. The first-order chi connectivity index (χ1) is 7.30. The van der Waals surface area contributed by atoms with E-state index in [0.29, 0.717) is 0 Å². The van der Waals surface area contributed by atoms with Gasteiger partial charge in [0.05, 0.1) is 18.1 Å². The topological polar surface area (TPSA) is 35.2 Å². The molecule has 0 aromatic heterocycles. The quantitative estimate of drug-likeness (QED) is 0.701. The van der Waals surface area contributed by atoms with Crippen molar-refractivity contribution in [2.24, 2.45) is 23.5 Å². The summed E-state index contributed by atoms with van der Waals surface area (Å²) in [4.78, 5) is 0. The second kappa shape index (κ2) is 3.88. The summed E-state index contributed by atoms with van der Waals surface area (Å²) in [5.41, 5.74) is 5.88. The van der Waals surface area contributed by atoms with Gasteiger partial charge in [0.15, 0.2) is 0 Å². The highest BCUT2D eigenvalue weighted by atomic mass is 19.4. The first-order valence-corrected chi connectivity index (χ1v) is 5.78. The van der Waals surface area contributed by atoms with E-state index in [9.17, 15) is 13.2 Å². The number of ether oxygens (including phenoxy) is 1. The van der Waals surface area contributed by atoms with Crippen LogP contribution in [0.5, 0.6) is 0 Å². The van der Waals surface area contributed by atoms with E-state index in [1.807, 2.05) is 13.8 Å². The van der Waals surface area contributed by atoms with Crippen molar-refractivity contribution in [2.45, 2.75) is 51.1 Å². The first kappa shape index (κ1) is 12.2. The molecular weight excluding hydrogens is 219 g/mol. The van der Waals surface area contributed by atoms with Crippen molar-refractivity contribution in [1.29, 1.82) is 0 Å². The molecule has 0 spiro atoms. The zero-order valence-corrected chi connectivity index (χ0v) is 9.50. The van der Waals surface area contributed by atoms with E-state index in [0.717, 1.165) is 0 Å². The molecule has 1 heterocycles. The Morgan fingerprint density at radius 2 is 1.81 bits per heavy atom. The van der Waals surface area contributed by atoms with Crippen molar-refractivity contribution in [2.75, 3.05) is 0 Å². The van der Waals surface area contributed by atoms with Gasteiger partial charge in [-0.2, -0.15) is 13.2 Å². The summed E-state index contributed by atoms with van der Waals surface area (Å²) in [7, 11) is 0. The molecule has 0 aromatic carbocycles. The summed E-state index contributed by atoms with van der Waals surface area (Å²) in [6, 6.07) is -0.384. The SMILES string of the molecule is C[C@H]1[C@H]2[C@@H](N)C[C@@H](C(F)(F)F)C[C@H]2O[C@H]1C. The van der Waals surface area contributed by atoms with Crippen molar-refractivity contribution >= 4 is 0 Å². The number of rotatable bonds is 0. The average Bonchev–Trinajstić information content (AvgIpc) is 2.41. The molecule has 1 aliphatic heterocycles. The normalized spacial score (nSPS) is 49.1. The fourth-order valence-corrected chi connectivity index (χ4v) is 3.15. The largest absolute Gasteiger partial charge is 0.391 e. The zero-order chi connectivity index (χ0) is 12.1. The summed E-state index contributed by atoms with van der Waals surface area (Å²) in [5.74, 6) is -0.941. The van der Waals surface area contributed by atoms with Crippen LogP contribution in [0.15, 0.2) is 0 Å². The fraction of sp³-hybridized carbons (Fsp3) is 1.00. The van der Waals surface area contributed by atoms with Gasteiger partial charge in [0.2, 0.25) is 0 Å². The Labute approximate surface area is 93.3 Å². The molecule has 1 aliphatic carbocycles. The van der Waals surface area contributed by atoms with Crippen molar-refractivity contribution in [3.63, 3.8) is 0 Å². The number of hydrogen-bond donors (Lipinski definition) is 1. The number of fused-ring (bicyclic) bond motifs is 1. The summed E-state index contributed by atoms with van der Waals surface area (Å²) in [6.45, 7) is 3.93. The predicted molar refractivity (Wildman–Crippen MR) is 53.7 cm³/mol. The fourth-order valence-electron chi connectivity index (χ4n) is 3.15. The number of alkyl halides is 3. The molecule has 2 nitrogen and oxygen atoms in total. The lowest BCUT2D eigenvalue weighted by atomic mass is 9.72. The van der Waals surface area contributed by atoms with Gasteiger partial charge < -0.3 is 10.5 Å². The smallest absolute Gasteiger partial charge is 0.375 e. The molecule has 2 N–H and O–H groups in total. The maximum Gasteiger partial charge on any atom is 0.391 e. The average molecular weight is 237 g/mol. The van der Waals surface area contributed by atoms with Crippen LogP contribution in [-0.2, 0) is 4.74 Å². The Hall–Kier alpha value is -0.290. The zero-order valence-electron chi connectivity index (χ0n) is 9.50. The van der Waals surface area contributed by atoms with Crippen LogP contribution in [0.25, 0.3) is 0 Å². The summed E-state index contributed by atoms with van der Waals surface area (Å²) >= 11 is 0. The third-order valence-corrected chi connectivity index (χ3v) is 4.20. The predicted octanol–water partition coefficient (Wildman–Crippen LogP) is 2.33. The molecule has 1 saturated carbocycles. The first-order valence-electron chi connectivity index (χ1n) is 5.78. The Kier molecular flexibility index (Phi) is 2.95. The van der Waals surface area contributed by atoms with Crippen LogP contribution in [0.1, 0.15) is 26.7 Å². The lowest BCUT2D eigenvalue weighted by Gasteiger charge is -2.37. The van der Waals surface area contributed by atoms with E-state index in [4.69, 9.17) is 10.5 Å². The number of nitrogens with two attached hydrogens (primary N) is 1. The van der Waals surface area contributed by atoms with E-state index < -0.39 is 12.1 Å². The molecule has 0 aromatic rings. The highest BCUT2D eigenvalue weighted by Gasteiger charge is 2.53. The molecule has 16 heavy (non-hydrogen) atoms. The maximum atomic E-state index is 12.7. The van der Waals surface area contributed by atoms with Crippen LogP contribution in [0, 0.1) is 17.8 Å². The van der Waals surface area contributed by atoms with Gasteiger partial charge in [-0.25, -0.2) is 0 Å². The molecule has 0 bridgehead atoms. The molecule has 2 aliphatic rings. The summed E-state index contributed by atoms with van der Waals surface area (Å²) in [5, 5.41) is 0. The van der Waals surface area contributed by atoms with Gasteiger partial charge in [-0.1, -0.05) is 6.92 Å². The highest BCUT2D eigenvalue weighted by Crippen LogP contribution is 2.46. The van der Waals surface area contributed by atoms with Crippen molar-refractivity contribution in [1.82, 2.24) is 0 Å². The van der Waals surface area contributed by atoms with Crippen LogP contribution in [0.3, 0.4) is 0 Å². The lowest BCUT2D eigenvalue weighted by Crippen LogP contribution is -2.48. The minimum atomic E-state index is -4.14. The van der Waals surface area contributed by atoms with Gasteiger partial charge in [0, 0.05) is 12.0 Å². The third kappa shape index (κ3) is 1.95. The maximum absolute atomic E-state index is 12.7. The Morgan fingerprint density at radius 3 is 2.38 bits per heavy atom. The molecule has 94 valence electrons. The Balaban J connectivity index is 2.12. The summed E-state index contributed by atoms with van der Waals surface area (Å²) < 4.78 is 43.6. The molecule has 1 saturated heterocycles. The van der Waals surface area contributed by atoms with E-state index in [-0.39, 0.29) is 42.9 Å². The molecule has 0 unspecified atom stereocenters. The molecule has 2 rings (SSSR count). The van der Waals surface area contributed by atoms with Gasteiger partial charge in [-0.05, 0) is 25.7 Å². The van der Waals surface area contributed by atoms with Crippen LogP contribution in [0.2, 0.25) is 0 Å². The van der Waals surface area contributed by atoms with Crippen molar-refractivity contribution in [3.05, 3.63) is 0 Å². The van der Waals surface area contributed by atoms with Crippen LogP contribution in [-0.4, -0.2) is 24.4 Å². The Morgan fingerprint density at radius 1 is 1.19 bits per heavy atom. The molecule has 5 heteroatoms. The van der Waals surface area contributed by atoms with E-state index in [2.05, 4.69) is 0 Å².